The molecule has 112 valence electrons. The van der Waals surface area contributed by atoms with E-state index >= 15 is 0 Å². The third-order valence-corrected chi connectivity index (χ3v) is 4.70. The Labute approximate surface area is 124 Å². The van der Waals surface area contributed by atoms with Crippen molar-refractivity contribution in [2.24, 2.45) is 0 Å². The van der Waals surface area contributed by atoms with E-state index < -0.39 is 10.0 Å². The molecule has 0 saturated carbocycles. The van der Waals surface area contributed by atoms with Crippen molar-refractivity contribution in [3.05, 3.63) is 54.0 Å². The van der Waals surface area contributed by atoms with Gasteiger partial charge in [0.25, 0.3) is 10.0 Å². The van der Waals surface area contributed by atoms with Gasteiger partial charge < -0.3 is 5.32 Å². The van der Waals surface area contributed by atoms with Gasteiger partial charge in [0.1, 0.15) is 0 Å². The Morgan fingerprint density at radius 3 is 2.57 bits per heavy atom. The largest absolute Gasteiger partial charge is 0.316 e. The van der Waals surface area contributed by atoms with E-state index in [0.29, 0.717) is 6.54 Å². The van der Waals surface area contributed by atoms with Crippen molar-refractivity contribution in [1.82, 2.24) is 19.6 Å². The topological polar surface area (TPSA) is 75.2 Å². The predicted molar refractivity (Wildman–Crippen MR) is 79.9 cm³/mol. The Hall–Kier alpha value is -1.83. The summed E-state index contributed by atoms with van der Waals surface area (Å²) in [6, 6.07) is 6.90. The first-order chi connectivity index (χ1) is 10.0. The number of nitrogens with one attached hydrogen (secondary N) is 1. The molecule has 0 aliphatic carbocycles. The zero-order valence-corrected chi connectivity index (χ0v) is 12.8. The van der Waals surface area contributed by atoms with Gasteiger partial charge in [-0.05, 0) is 30.3 Å². The van der Waals surface area contributed by atoms with Crippen LogP contribution in [-0.2, 0) is 23.1 Å². The number of aromatic nitrogens is 2. The molecule has 0 fully saturated rings. The van der Waals surface area contributed by atoms with Crippen molar-refractivity contribution < 1.29 is 8.42 Å². The van der Waals surface area contributed by atoms with Gasteiger partial charge in [-0.1, -0.05) is 12.1 Å². The zero-order chi connectivity index (χ0) is 15.3. The maximum atomic E-state index is 12.4. The summed E-state index contributed by atoms with van der Waals surface area (Å²) in [6.45, 7) is 0.912. The summed E-state index contributed by atoms with van der Waals surface area (Å²) in [4.78, 5) is 8.03. The molecular formula is C14H18N4O2S. The molecule has 0 unspecified atom stereocenters. The number of sulfonamides is 1. The minimum Gasteiger partial charge on any atom is -0.316 e. The van der Waals surface area contributed by atoms with E-state index in [2.05, 4.69) is 15.3 Å². The normalized spacial score (nSPS) is 11.8. The SMILES string of the molecule is CNCc1ccc(S(=O)(=O)N(C)Cc2cccnc2)nc1. The quantitative estimate of drug-likeness (QED) is 0.862. The van der Waals surface area contributed by atoms with Crippen molar-refractivity contribution in [3.8, 4) is 0 Å². The van der Waals surface area contributed by atoms with Crippen LogP contribution in [0.4, 0.5) is 0 Å². The highest BCUT2D eigenvalue weighted by atomic mass is 32.2. The number of hydrogen-bond acceptors (Lipinski definition) is 5. The van der Waals surface area contributed by atoms with Gasteiger partial charge in [-0.15, -0.1) is 0 Å². The van der Waals surface area contributed by atoms with Gasteiger partial charge in [-0.2, -0.15) is 4.31 Å². The van der Waals surface area contributed by atoms with Crippen LogP contribution in [0.15, 0.2) is 47.9 Å². The summed E-state index contributed by atoms with van der Waals surface area (Å²) in [6.07, 6.45) is 4.87. The van der Waals surface area contributed by atoms with E-state index in [-0.39, 0.29) is 11.6 Å². The molecule has 2 heterocycles. The fourth-order valence-electron chi connectivity index (χ4n) is 1.87. The Bertz CT molecular complexity index is 672. The standard InChI is InChI=1S/C14H18N4O2S/c1-15-8-12-5-6-14(17-10-12)21(19,20)18(2)11-13-4-3-7-16-9-13/h3-7,9-10,15H,8,11H2,1-2H3. The second kappa shape index (κ2) is 6.75. The fourth-order valence-corrected chi connectivity index (χ4v) is 2.93. The van der Waals surface area contributed by atoms with Crippen LogP contribution >= 0.6 is 0 Å². The highest BCUT2D eigenvalue weighted by Gasteiger charge is 2.22. The Morgan fingerprint density at radius 2 is 2.00 bits per heavy atom. The van der Waals surface area contributed by atoms with Crippen molar-refractivity contribution in [3.63, 3.8) is 0 Å². The van der Waals surface area contributed by atoms with Crippen LogP contribution in [0.5, 0.6) is 0 Å². The lowest BCUT2D eigenvalue weighted by Gasteiger charge is -2.16. The van der Waals surface area contributed by atoms with Gasteiger partial charge in [0.2, 0.25) is 0 Å². The number of rotatable bonds is 6. The van der Waals surface area contributed by atoms with E-state index in [1.54, 1.807) is 30.7 Å². The Morgan fingerprint density at radius 1 is 1.19 bits per heavy atom. The summed E-state index contributed by atoms with van der Waals surface area (Å²) >= 11 is 0. The van der Waals surface area contributed by atoms with E-state index in [4.69, 9.17) is 0 Å². The summed E-state index contributed by atoms with van der Waals surface area (Å²) in [5.41, 5.74) is 1.77. The Balaban J connectivity index is 2.16. The van der Waals surface area contributed by atoms with Crippen LogP contribution in [-0.4, -0.2) is 36.8 Å². The molecule has 0 radical (unpaired) electrons. The molecular weight excluding hydrogens is 288 g/mol. The minimum atomic E-state index is -3.59. The third kappa shape index (κ3) is 3.84. The summed E-state index contributed by atoms with van der Waals surface area (Å²) < 4.78 is 26.1. The van der Waals surface area contributed by atoms with E-state index in [0.717, 1.165) is 11.1 Å². The monoisotopic (exact) mass is 306 g/mol. The summed E-state index contributed by atoms with van der Waals surface area (Å²) in [5.74, 6) is 0. The van der Waals surface area contributed by atoms with Crippen molar-refractivity contribution in [2.45, 2.75) is 18.1 Å². The molecule has 2 aromatic rings. The van der Waals surface area contributed by atoms with Crippen LogP contribution in [0.1, 0.15) is 11.1 Å². The van der Waals surface area contributed by atoms with Gasteiger partial charge in [-0.3, -0.25) is 4.98 Å². The van der Waals surface area contributed by atoms with Crippen LogP contribution in [0.3, 0.4) is 0 Å². The molecule has 21 heavy (non-hydrogen) atoms. The molecule has 6 nitrogen and oxygen atoms in total. The highest BCUT2D eigenvalue weighted by Crippen LogP contribution is 2.14. The zero-order valence-electron chi connectivity index (χ0n) is 12.0. The van der Waals surface area contributed by atoms with Crippen LogP contribution in [0.25, 0.3) is 0 Å². The maximum absolute atomic E-state index is 12.4. The molecule has 0 saturated heterocycles. The lowest BCUT2D eigenvalue weighted by Crippen LogP contribution is -2.27. The van der Waals surface area contributed by atoms with Crippen LogP contribution in [0.2, 0.25) is 0 Å². The second-order valence-corrected chi connectivity index (χ2v) is 6.65. The summed E-state index contributed by atoms with van der Waals surface area (Å²) in [7, 11) is -0.236. The van der Waals surface area contributed by atoms with Crippen LogP contribution in [0, 0.1) is 0 Å². The molecule has 0 aliphatic heterocycles. The molecule has 1 N–H and O–H groups in total. The number of hydrogen-bond donors (Lipinski definition) is 1. The molecule has 0 aromatic carbocycles. The molecule has 0 atom stereocenters. The van der Waals surface area contributed by atoms with Crippen molar-refractivity contribution in [1.29, 1.82) is 0 Å². The smallest absolute Gasteiger partial charge is 0.260 e. The van der Waals surface area contributed by atoms with Gasteiger partial charge in [0.05, 0.1) is 0 Å². The fraction of sp³-hybridized carbons (Fsp3) is 0.286. The van der Waals surface area contributed by atoms with Crippen molar-refractivity contribution in [2.75, 3.05) is 14.1 Å². The van der Waals surface area contributed by atoms with E-state index in [1.807, 2.05) is 13.1 Å². The van der Waals surface area contributed by atoms with Crippen LogP contribution < -0.4 is 5.32 Å². The molecule has 0 bridgehead atoms. The molecule has 7 heteroatoms. The second-order valence-electron chi connectivity index (χ2n) is 4.66. The average molecular weight is 306 g/mol. The first kappa shape index (κ1) is 15.6. The molecule has 2 aromatic heterocycles. The summed E-state index contributed by atoms with van der Waals surface area (Å²) in [5, 5.41) is 3.04. The van der Waals surface area contributed by atoms with Gasteiger partial charge >= 0.3 is 0 Å². The van der Waals surface area contributed by atoms with E-state index in [9.17, 15) is 8.42 Å². The predicted octanol–water partition coefficient (Wildman–Crippen LogP) is 1.02. The molecule has 0 aliphatic rings. The molecule has 0 amide bonds. The Kier molecular flexibility index (Phi) is 5.00. The third-order valence-electron chi connectivity index (χ3n) is 2.98. The molecule has 0 spiro atoms. The van der Waals surface area contributed by atoms with Gasteiger partial charge in [0, 0.05) is 38.7 Å². The lowest BCUT2D eigenvalue weighted by atomic mass is 10.3. The van der Waals surface area contributed by atoms with Crippen molar-refractivity contribution >= 4 is 10.0 Å². The van der Waals surface area contributed by atoms with E-state index in [1.165, 1.54) is 17.4 Å². The average Bonchev–Trinajstić information content (AvgIpc) is 2.49. The first-order valence-corrected chi connectivity index (χ1v) is 7.93. The van der Waals surface area contributed by atoms with Gasteiger partial charge in [0.15, 0.2) is 5.03 Å². The minimum absolute atomic E-state index is 0.0498. The number of pyridine rings is 2. The first-order valence-electron chi connectivity index (χ1n) is 6.49. The maximum Gasteiger partial charge on any atom is 0.260 e. The highest BCUT2D eigenvalue weighted by molar-refractivity contribution is 7.89. The van der Waals surface area contributed by atoms with Gasteiger partial charge in [-0.25, -0.2) is 13.4 Å². The lowest BCUT2D eigenvalue weighted by molar-refractivity contribution is 0.463. The molecule has 2 rings (SSSR count). The number of nitrogens with zero attached hydrogens (tertiary/aromatic N) is 3.